The second kappa shape index (κ2) is 5.95. The van der Waals surface area contributed by atoms with Crippen LogP contribution in [0.2, 0.25) is 5.02 Å². The first-order valence-electron chi connectivity index (χ1n) is 4.95. The molecule has 18 heavy (non-hydrogen) atoms. The monoisotopic (exact) mass is 310 g/mol. The van der Waals surface area contributed by atoms with Crippen molar-refractivity contribution >= 4 is 35.7 Å². The third kappa shape index (κ3) is 4.51. The van der Waals surface area contributed by atoms with Crippen LogP contribution in [-0.4, -0.2) is 15.9 Å². The number of rotatable bonds is 5. The van der Waals surface area contributed by atoms with Crippen LogP contribution in [0.4, 0.5) is 5.69 Å². The van der Waals surface area contributed by atoms with Crippen LogP contribution in [0.3, 0.4) is 0 Å². The molecule has 0 heterocycles. The quantitative estimate of drug-likeness (QED) is 0.494. The lowest BCUT2D eigenvalue weighted by molar-refractivity contribution is -0.384. The van der Waals surface area contributed by atoms with E-state index in [9.17, 15) is 15.0 Å². The second-order valence-corrected chi connectivity index (χ2v) is 7.14. The number of hydrogen-bond donors (Lipinski definition) is 2. The minimum absolute atomic E-state index is 0.0260. The van der Waals surface area contributed by atoms with E-state index in [1.54, 1.807) is 13.8 Å². The zero-order valence-electron chi connectivity index (χ0n) is 9.66. The van der Waals surface area contributed by atoms with E-state index < -0.39 is 11.6 Å². The summed E-state index contributed by atoms with van der Waals surface area (Å²) in [4.78, 5) is 19.8. The Labute approximate surface area is 114 Å². The molecule has 0 aliphatic carbocycles. The molecule has 6 nitrogen and oxygen atoms in total. The largest absolute Gasteiger partial charge is 0.431 e. The third-order valence-corrected chi connectivity index (χ3v) is 3.89. The van der Waals surface area contributed by atoms with Gasteiger partial charge in [0.05, 0.1) is 9.95 Å². The van der Waals surface area contributed by atoms with Crippen LogP contribution < -0.4 is 9.61 Å². The number of halogens is 1. The van der Waals surface area contributed by atoms with E-state index in [2.05, 4.69) is 5.09 Å². The number of benzene rings is 1. The number of nitro benzene ring substituents is 1. The molecule has 0 radical (unpaired) electrons. The summed E-state index contributed by atoms with van der Waals surface area (Å²) in [6.07, 6.45) is 0. The molecule has 1 atom stereocenters. The molecule has 0 aliphatic heterocycles. The average Bonchev–Trinajstić information content (AvgIpc) is 2.18. The summed E-state index contributed by atoms with van der Waals surface area (Å²) in [5.74, 6) is 0.112. The first-order chi connectivity index (χ1) is 8.21. The lowest BCUT2D eigenvalue weighted by atomic mass is 10.3. The fraction of sp³-hybridized carbons (Fsp3) is 0.333. The maximum Gasteiger partial charge on any atom is 0.310 e. The first-order valence-corrected chi connectivity index (χ1v) is 8.00. The molecule has 0 spiro atoms. The van der Waals surface area contributed by atoms with Gasteiger partial charge in [-0.2, -0.15) is 0 Å². The summed E-state index contributed by atoms with van der Waals surface area (Å²) in [5, 5.41) is 13.3. The van der Waals surface area contributed by atoms with Gasteiger partial charge in [0.15, 0.2) is 0 Å². The molecule has 2 N–H and O–H groups in total. The molecule has 0 bridgehead atoms. The summed E-state index contributed by atoms with van der Waals surface area (Å²) in [6, 6.07) is 3.62. The van der Waals surface area contributed by atoms with Gasteiger partial charge in [-0.05, 0) is 31.7 Å². The van der Waals surface area contributed by atoms with E-state index in [4.69, 9.17) is 27.9 Å². The van der Waals surface area contributed by atoms with E-state index in [0.29, 0.717) is 0 Å². The molecule has 0 amide bonds. The van der Waals surface area contributed by atoms with E-state index in [1.807, 2.05) is 0 Å². The molecule has 1 rings (SSSR count). The molecule has 0 aromatic heterocycles. The van der Waals surface area contributed by atoms with Crippen molar-refractivity contribution in [3.05, 3.63) is 33.3 Å². The maximum atomic E-state index is 10.5. The zero-order chi connectivity index (χ0) is 13.9. The third-order valence-electron chi connectivity index (χ3n) is 1.77. The zero-order valence-corrected chi connectivity index (χ0v) is 12.1. The Morgan fingerprint density at radius 1 is 1.61 bits per heavy atom. The Kier molecular flexibility index (Phi) is 5.07. The Morgan fingerprint density at radius 3 is 2.67 bits per heavy atom. The van der Waals surface area contributed by atoms with Gasteiger partial charge in [0.25, 0.3) is 5.69 Å². The molecule has 0 saturated heterocycles. The summed E-state index contributed by atoms with van der Waals surface area (Å²) in [6.45, 7) is 0.400. The van der Waals surface area contributed by atoms with Gasteiger partial charge in [-0.25, -0.2) is 5.09 Å². The Balaban J connectivity index is 2.92. The molecule has 0 saturated carbocycles. The van der Waals surface area contributed by atoms with Crippen molar-refractivity contribution in [2.45, 2.75) is 19.9 Å². The number of hydrogen-bond acceptors (Lipinski definition) is 4. The highest BCUT2D eigenvalue weighted by atomic mass is 35.5. The molecule has 9 heteroatoms. The average molecular weight is 311 g/mol. The topological polar surface area (TPSA) is 84.6 Å². The van der Waals surface area contributed by atoms with Gasteiger partial charge in [-0.15, -0.1) is 0 Å². The minimum Gasteiger partial charge on any atom is -0.431 e. The van der Waals surface area contributed by atoms with Crippen molar-refractivity contribution in [2.24, 2.45) is 0 Å². The van der Waals surface area contributed by atoms with Crippen molar-refractivity contribution in [3.63, 3.8) is 0 Å². The normalized spacial score (nSPS) is 14.3. The predicted molar refractivity (Wildman–Crippen MR) is 73.5 cm³/mol. The van der Waals surface area contributed by atoms with Gasteiger partial charge in [-0.3, -0.25) is 10.1 Å². The summed E-state index contributed by atoms with van der Waals surface area (Å²) >= 11 is 10.7. The summed E-state index contributed by atoms with van der Waals surface area (Å²) < 4.78 is 5.19. The van der Waals surface area contributed by atoms with Crippen molar-refractivity contribution in [3.8, 4) is 5.75 Å². The Hall–Kier alpha value is -0.720. The second-order valence-electron chi connectivity index (χ2n) is 3.77. The van der Waals surface area contributed by atoms with Crippen molar-refractivity contribution in [1.82, 2.24) is 5.09 Å². The SMILES string of the molecule is CC(C)NP(O)(=S)Oc1ccc([N+](=O)[O-])cc1Cl. The van der Waals surface area contributed by atoms with Gasteiger partial charge in [-0.1, -0.05) is 11.6 Å². The first kappa shape index (κ1) is 15.3. The van der Waals surface area contributed by atoms with Crippen molar-refractivity contribution in [2.75, 3.05) is 0 Å². The van der Waals surface area contributed by atoms with Crippen LogP contribution in [0, 0.1) is 10.1 Å². The van der Waals surface area contributed by atoms with E-state index in [1.165, 1.54) is 12.1 Å². The van der Waals surface area contributed by atoms with Crippen LogP contribution in [0.5, 0.6) is 5.75 Å². The summed E-state index contributed by atoms with van der Waals surface area (Å²) in [5.41, 5.74) is -0.157. The van der Waals surface area contributed by atoms with Crippen LogP contribution >= 0.6 is 18.2 Å². The van der Waals surface area contributed by atoms with Gasteiger partial charge < -0.3 is 9.42 Å². The highest BCUT2D eigenvalue weighted by molar-refractivity contribution is 8.08. The number of nitro groups is 1. The Bertz CT molecular complexity index is 511. The molecule has 1 aromatic rings. The fourth-order valence-electron chi connectivity index (χ4n) is 1.16. The number of non-ortho nitro benzene ring substituents is 1. The minimum atomic E-state index is -3.21. The lowest BCUT2D eigenvalue weighted by Crippen LogP contribution is -2.21. The molecule has 0 fully saturated rings. The predicted octanol–water partition coefficient (Wildman–Crippen LogP) is 2.84. The van der Waals surface area contributed by atoms with Crippen molar-refractivity contribution < 1.29 is 14.3 Å². The maximum absolute atomic E-state index is 10.5. The van der Waals surface area contributed by atoms with Gasteiger partial charge in [0.2, 0.25) is 0 Å². The molecule has 1 unspecified atom stereocenters. The van der Waals surface area contributed by atoms with Crippen LogP contribution in [-0.2, 0) is 11.8 Å². The smallest absolute Gasteiger partial charge is 0.310 e. The molecule has 1 aromatic carbocycles. The standard InChI is InChI=1S/C9H12ClN2O4PS/c1-6(2)11-17(15,18)16-9-4-3-7(12(13)14)5-8(9)10/h3-6H,1-2H3,(H2,11,15,18). The van der Waals surface area contributed by atoms with Gasteiger partial charge >= 0.3 is 6.64 Å². The molecular weight excluding hydrogens is 299 g/mol. The van der Waals surface area contributed by atoms with Gasteiger partial charge in [0.1, 0.15) is 5.75 Å². The highest BCUT2D eigenvalue weighted by Crippen LogP contribution is 2.42. The van der Waals surface area contributed by atoms with Crippen molar-refractivity contribution in [1.29, 1.82) is 0 Å². The Morgan fingerprint density at radius 2 is 2.22 bits per heavy atom. The van der Waals surface area contributed by atoms with E-state index in [0.717, 1.165) is 6.07 Å². The van der Waals surface area contributed by atoms with E-state index in [-0.39, 0.29) is 22.5 Å². The lowest BCUT2D eigenvalue weighted by Gasteiger charge is -2.20. The highest BCUT2D eigenvalue weighted by Gasteiger charge is 2.19. The summed E-state index contributed by atoms with van der Waals surface area (Å²) in [7, 11) is 0. The van der Waals surface area contributed by atoms with Crippen LogP contribution in [0.15, 0.2) is 18.2 Å². The van der Waals surface area contributed by atoms with Crippen LogP contribution in [0.25, 0.3) is 0 Å². The molecular formula is C9H12ClN2O4PS. The number of nitrogens with one attached hydrogen (secondary N) is 1. The number of nitrogens with zero attached hydrogens (tertiary/aromatic N) is 1. The van der Waals surface area contributed by atoms with E-state index >= 15 is 0 Å². The molecule has 100 valence electrons. The molecule has 0 aliphatic rings. The van der Waals surface area contributed by atoms with Gasteiger partial charge in [0, 0.05) is 18.2 Å². The van der Waals surface area contributed by atoms with Crippen LogP contribution in [0.1, 0.15) is 13.8 Å². The fourth-order valence-corrected chi connectivity index (χ4v) is 3.43.